The monoisotopic (exact) mass is 472 g/mol. The molecular formula is C25H24N6O4. The van der Waals surface area contributed by atoms with Crippen molar-refractivity contribution in [1.29, 1.82) is 0 Å². The van der Waals surface area contributed by atoms with Gasteiger partial charge >= 0.3 is 12.1 Å². The number of carbonyl (C=O) groups is 2. The van der Waals surface area contributed by atoms with Crippen LogP contribution in [0.2, 0.25) is 0 Å². The lowest BCUT2D eigenvalue weighted by Gasteiger charge is -2.30. The maximum atomic E-state index is 12.5. The molecule has 0 aliphatic carbocycles. The number of nitrogens with two attached hydrogens (primary N) is 1. The van der Waals surface area contributed by atoms with E-state index in [2.05, 4.69) is 37.5 Å². The van der Waals surface area contributed by atoms with Gasteiger partial charge in [0.1, 0.15) is 11.3 Å². The molecule has 0 atom stereocenters. The van der Waals surface area contributed by atoms with E-state index in [1.165, 1.54) is 7.11 Å². The van der Waals surface area contributed by atoms with Crippen molar-refractivity contribution >= 4 is 29.0 Å². The molecule has 1 aromatic carbocycles. The quantitative estimate of drug-likeness (QED) is 0.453. The summed E-state index contributed by atoms with van der Waals surface area (Å²) in [5.41, 5.74) is 7.45. The zero-order chi connectivity index (χ0) is 24.8. The molecule has 1 amide bonds. The van der Waals surface area contributed by atoms with Gasteiger partial charge in [0.05, 0.1) is 25.5 Å². The molecule has 10 heteroatoms. The number of imidazole rings is 1. The molecule has 2 N–H and O–H groups in total. The number of methoxy groups -OCH3 is 1. The number of nitrogen functional groups attached to an aromatic ring is 1. The van der Waals surface area contributed by atoms with E-state index < -0.39 is 12.1 Å². The highest BCUT2D eigenvalue weighted by atomic mass is 16.6. The van der Waals surface area contributed by atoms with Crippen molar-refractivity contribution in [2.45, 2.75) is 25.8 Å². The number of ether oxygens (including phenoxy) is 2. The van der Waals surface area contributed by atoms with Crippen molar-refractivity contribution in [2.75, 3.05) is 25.9 Å². The minimum Gasteiger partial charge on any atom is -0.465 e. The summed E-state index contributed by atoms with van der Waals surface area (Å²) >= 11 is 0. The number of terminal acetylenes is 1. The molecule has 0 radical (unpaired) electrons. The lowest BCUT2D eigenvalue weighted by atomic mass is 9.94. The third-order valence-electron chi connectivity index (χ3n) is 5.70. The Balaban J connectivity index is 1.29. The Morgan fingerprint density at radius 1 is 1.20 bits per heavy atom. The van der Waals surface area contributed by atoms with E-state index in [-0.39, 0.29) is 5.82 Å². The van der Waals surface area contributed by atoms with Gasteiger partial charge in [-0.2, -0.15) is 0 Å². The number of benzene rings is 1. The fraction of sp³-hybridized carbons (Fsp3) is 0.320. The third-order valence-corrected chi connectivity index (χ3v) is 5.70. The van der Waals surface area contributed by atoms with Gasteiger partial charge in [-0.05, 0) is 48.9 Å². The summed E-state index contributed by atoms with van der Waals surface area (Å²) in [6, 6.07) is 6.24. The summed E-state index contributed by atoms with van der Waals surface area (Å²) in [4.78, 5) is 38.5. The van der Waals surface area contributed by atoms with Crippen molar-refractivity contribution in [3.8, 4) is 29.9 Å². The van der Waals surface area contributed by atoms with E-state index in [1.807, 2.05) is 0 Å². The molecule has 0 unspecified atom stereocenters. The van der Waals surface area contributed by atoms with Gasteiger partial charge < -0.3 is 24.7 Å². The maximum Gasteiger partial charge on any atom is 0.415 e. The van der Waals surface area contributed by atoms with Gasteiger partial charge in [-0.25, -0.2) is 24.5 Å². The molecular weight excluding hydrogens is 448 g/mol. The van der Waals surface area contributed by atoms with Crippen LogP contribution in [0.4, 0.5) is 10.6 Å². The third kappa shape index (κ3) is 5.50. The fourth-order valence-electron chi connectivity index (χ4n) is 3.77. The second-order valence-corrected chi connectivity index (χ2v) is 8.00. The second-order valence-electron chi connectivity index (χ2n) is 8.00. The van der Waals surface area contributed by atoms with Gasteiger partial charge in [-0.1, -0.05) is 11.8 Å². The van der Waals surface area contributed by atoms with Crippen LogP contribution < -0.4 is 10.5 Å². The molecule has 2 aromatic heterocycles. The number of nitrogens with zero attached hydrogens (tertiary/aromatic N) is 5. The number of likely N-dealkylation sites (tertiary alicyclic amines) is 1. The molecule has 178 valence electrons. The van der Waals surface area contributed by atoms with Crippen molar-refractivity contribution in [1.82, 2.24) is 24.4 Å². The molecule has 1 fully saturated rings. The minimum atomic E-state index is -0.445. The first-order valence-corrected chi connectivity index (χ1v) is 11.0. The van der Waals surface area contributed by atoms with Crippen molar-refractivity contribution in [3.63, 3.8) is 0 Å². The van der Waals surface area contributed by atoms with Gasteiger partial charge in [0, 0.05) is 19.5 Å². The van der Waals surface area contributed by atoms with Crippen LogP contribution in [-0.4, -0.2) is 56.7 Å². The highest BCUT2D eigenvalue weighted by Gasteiger charge is 2.24. The van der Waals surface area contributed by atoms with Crippen LogP contribution in [-0.2, 0) is 11.3 Å². The van der Waals surface area contributed by atoms with E-state index in [9.17, 15) is 9.59 Å². The van der Waals surface area contributed by atoms with E-state index >= 15 is 0 Å². The molecule has 1 aliphatic rings. The van der Waals surface area contributed by atoms with E-state index in [0.717, 1.165) is 12.8 Å². The highest BCUT2D eigenvalue weighted by molar-refractivity contribution is 5.89. The first-order valence-electron chi connectivity index (χ1n) is 11.0. The first kappa shape index (κ1) is 23.6. The maximum absolute atomic E-state index is 12.5. The Hall–Kier alpha value is -4.57. The molecule has 1 aliphatic heterocycles. The zero-order valence-corrected chi connectivity index (χ0v) is 19.2. The topological polar surface area (TPSA) is 125 Å². The van der Waals surface area contributed by atoms with Crippen molar-refractivity contribution in [2.24, 2.45) is 5.92 Å². The molecule has 0 spiro atoms. The molecule has 1 saturated heterocycles. The normalized spacial score (nSPS) is 13.5. The Morgan fingerprint density at radius 2 is 1.94 bits per heavy atom. The van der Waals surface area contributed by atoms with Gasteiger partial charge in [0.15, 0.2) is 11.5 Å². The highest BCUT2D eigenvalue weighted by Crippen LogP contribution is 2.22. The van der Waals surface area contributed by atoms with Gasteiger partial charge in [-0.15, -0.1) is 6.42 Å². The predicted octanol–water partition coefficient (Wildman–Crippen LogP) is 2.48. The average molecular weight is 473 g/mol. The SMILES string of the molecule is C#CCn1cnc2c(N)nc(C#CCC3CCN(C(=O)Oc4ccc(C(=O)OC)cc4)CC3)nc21. The zero-order valence-electron chi connectivity index (χ0n) is 19.2. The summed E-state index contributed by atoms with van der Waals surface area (Å²) in [6.07, 6.45) is 8.83. The van der Waals surface area contributed by atoms with Crippen molar-refractivity contribution < 1.29 is 19.1 Å². The summed E-state index contributed by atoms with van der Waals surface area (Å²) in [6.45, 7) is 1.48. The Kier molecular flexibility index (Phi) is 7.12. The summed E-state index contributed by atoms with van der Waals surface area (Å²) < 4.78 is 11.8. The number of anilines is 1. The van der Waals surface area contributed by atoms with E-state index in [0.29, 0.717) is 60.3 Å². The predicted molar refractivity (Wildman–Crippen MR) is 128 cm³/mol. The number of esters is 1. The summed E-state index contributed by atoms with van der Waals surface area (Å²) in [7, 11) is 1.31. The molecule has 0 bridgehead atoms. The van der Waals surface area contributed by atoms with Crippen LogP contribution in [0.15, 0.2) is 30.6 Å². The largest absolute Gasteiger partial charge is 0.465 e. The molecule has 3 aromatic rings. The smallest absolute Gasteiger partial charge is 0.415 e. The Labute approximate surface area is 202 Å². The molecule has 0 saturated carbocycles. The van der Waals surface area contributed by atoms with Gasteiger partial charge in [-0.3, -0.25) is 0 Å². The van der Waals surface area contributed by atoms with E-state index in [1.54, 1.807) is 40.1 Å². The number of rotatable bonds is 4. The standard InChI is InChI=1S/C25H24N6O4/c1-3-13-31-16-27-21-22(26)28-20(29-23(21)31)6-4-5-17-11-14-30(15-12-17)25(33)35-19-9-7-18(8-10-19)24(32)34-2/h1,7-10,16-17H,5,11-15H2,2H3,(H2,26,28,29). The van der Waals surface area contributed by atoms with Crippen LogP contribution in [0.25, 0.3) is 11.2 Å². The molecule has 10 nitrogen and oxygen atoms in total. The van der Waals surface area contributed by atoms with E-state index in [4.69, 9.17) is 16.9 Å². The molecule has 4 rings (SSSR count). The van der Waals surface area contributed by atoms with Gasteiger partial charge in [0.25, 0.3) is 0 Å². The molecule has 35 heavy (non-hydrogen) atoms. The van der Waals surface area contributed by atoms with Crippen LogP contribution in [0, 0.1) is 30.1 Å². The number of hydrogen-bond donors (Lipinski definition) is 1. The summed E-state index contributed by atoms with van der Waals surface area (Å²) in [5.74, 6) is 9.54. The van der Waals surface area contributed by atoms with Crippen LogP contribution in [0.1, 0.15) is 35.4 Å². The minimum absolute atomic E-state index is 0.266. The van der Waals surface area contributed by atoms with Crippen molar-refractivity contribution in [3.05, 3.63) is 42.0 Å². The number of fused-ring (bicyclic) bond motifs is 1. The van der Waals surface area contributed by atoms with Crippen LogP contribution in [0.5, 0.6) is 5.75 Å². The molecule has 3 heterocycles. The number of carbonyl (C=O) groups excluding carboxylic acids is 2. The van der Waals surface area contributed by atoms with Crippen LogP contribution >= 0.6 is 0 Å². The Morgan fingerprint density at radius 3 is 2.63 bits per heavy atom. The number of amides is 1. The number of hydrogen-bond acceptors (Lipinski definition) is 8. The van der Waals surface area contributed by atoms with Crippen LogP contribution in [0.3, 0.4) is 0 Å². The fourth-order valence-corrected chi connectivity index (χ4v) is 3.77. The lowest BCUT2D eigenvalue weighted by molar-refractivity contribution is 0.0600. The Bertz CT molecular complexity index is 1340. The van der Waals surface area contributed by atoms with Gasteiger partial charge in [0.2, 0.25) is 5.82 Å². The number of aromatic nitrogens is 4. The number of piperidine rings is 1. The first-order chi connectivity index (χ1) is 17.0. The second kappa shape index (κ2) is 10.6. The average Bonchev–Trinajstić information content (AvgIpc) is 3.28. The summed E-state index contributed by atoms with van der Waals surface area (Å²) in [5, 5.41) is 0. The lowest BCUT2D eigenvalue weighted by Crippen LogP contribution is -2.40.